The molecule has 23 heavy (non-hydrogen) atoms. The fourth-order valence-corrected chi connectivity index (χ4v) is 2.23. The molecule has 0 bridgehead atoms. The molecule has 0 aliphatic heterocycles. The van der Waals surface area contributed by atoms with E-state index in [0.29, 0.717) is 5.02 Å². The summed E-state index contributed by atoms with van der Waals surface area (Å²) in [4.78, 5) is 24.0. The van der Waals surface area contributed by atoms with Crippen molar-refractivity contribution in [2.45, 2.75) is 13.0 Å². The van der Waals surface area contributed by atoms with Crippen LogP contribution in [0.15, 0.2) is 42.5 Å². The second-order valence-corrected chi connectivity index (χ2v) is 5.51. The van der Waals surface area contributed by atoms with Crippen LogP contribution in [0.5, 0.6) is 0 Å². The van der Waals surface area contributed by atoms with Gasteiger partial charge in [0.25, 0.3) is 5.91 Å². The van der Waals surface area contributed by atoms with Crippen LogP contribution < -0.4 is 5.32 Å². The van der Waals surface area contributed by atoms with Crippen LogP contribution in [0.4, 0.5) is 10.1 Å². The third-order valence-electron chi connectivity index (χ3n) is 2.90. The van der Waals surface area contributed by atoms with Gasteiger partial charge in [-0.2, -0.15) is 0 Å². The number of esters is 1. The lowest BCUT2D eigenvalue weighted by Gasteiger charge is -2.14. The fraction of sp³-hybridized carbons (Fsp3) is 0.125. The van der Waals surface area contributed by atoms with Gasteiger partial charge in [-0.25, -0.2) is 9.18 Å². The molecule has 2 aromatic carbocycles. The van der Waals surface area contributed by atoms with Gasteiger partial charge >= 0.3 is 5.97 Å². The van der Waals surface area contributed by atoms with E-state index in [1.807, 2.05) is 0 Å². The molecule has 0 aromatic heterocycles. The zero-order valence-corrected chi connectivity index (χ0v) is 13.5. The molecule has 2 rings (SSSR count). The fourth-order valence-electron chi connectivity index (χ4n) is 1.74. The average Bonchev–Trinajstić information content (AvgIpc) is 2.46. The lowest BCUT2D eigenvalue weighted by molar-refractivity contribution is -0.123. The number of hydrogen-bond acceptors (Lipinski definition) is 3. The van der Waals surface area contributed by atoms with Gasteiger partial charge in [0.15, 0.2) is 6.10 Å². The molecule has 0 saturated carbocycles. The van der Waals surface area contributed by atoms with Crippen molar-refractivity contribution in [1.82, 2.24) is 0 Å². The van der Waals surface area contributed by atoms with Gasteiger partial charge in [-0.3, -0.25) is 4.79 Å². The van der Waals surface area contributed by atoms with E-state index in [4.69, 9.17) is 27.9 Å². The van der Waals surface area contributed by atoms with Crippen molar-refractivity contribution in [3.05, 3.63) is 63.9 Å². The van der Waals surface area contributed by atoms with Crippen LogP contribution >= 0.6 is 23.2 Å². The zero-order chi connectivity index (χ0) is 17.0. The predicted molar refractivity (Wildman–Crippen MR) is 86.4 cm³/mol. The Kier molecular flexibility index (Phi) is 5.58. The summed E-state index contributed by atoms with van der Waals surface area (Å²) in [6.45, 7) is 1.40. The van der Waals surface area contributed by atoms with Crippen LogP contribution in [-0.2, 0) is 9.53 Å². The van der Waals surface area contributed by atoms with E-state index in [-0.39, 0.29) is 16.3 Å². The standard InChI is InChI=1S/C16H12Cl2FNO3/c1-9(15(21)20-12-4-2-3-11(19)8-12)23-16(22)13-6-5-10(17)7-14(13)18/h2-9H,1H3,(H,20,21)/t9-/m1/s1. The van der Waals surface area contributed by atoms with Gasteiger partial charge in [0.2, 0.25) is 0 Å². The van der Waals surface area contributed by atoms with E-state index < -0.39 is 23.8 Å². The Bertz CT molecular complexity index is 752. The number of benzene rings is 2. The summed E-state index contributed by atoms with van der Waals surface area (Å²) in [5, 5.41) is 2.96. The minimum absolute atomic E-state index is 0.0986. The minimum Gasteiger partial charge on any atom is -0.449 e. The molecule has 1 N–H and O–H groups in total. The van der Waals surface area contributed by atoms with Crippen LogP contribution in [0.2, 0.25) is 10.0 Å². The van der Waals surface area contributed by atoms with Crippen molar-refractivity contribution >= 4 is 40.8 Å². The monoisotopic (exact) mass is 355 g/mol. The predicted octanol–water partition coefficient (Wildman–Crippen LogP) is 4.32. The Labute approximate surface area is 142 Å². The SMILES string of the molecule is C[C@@H](OC(=O)c1ccc(Cl)cc1Cl)C(=O)Nc1cccc(F)c1. The number of ether oxygens (including phenoxy) is 1. The first kappa shape index (κ1) is 17.2. The second-order valence-electron chi connectivity index (χ2n) is 4.67. The molecule has 1 atom stereocenters. The Balaban J connectivity index is 2.01. The average molecular weight is 356 g/mol. The largest absolute Gasteiger partial charge is 0.449 e. The molecule has 0 aliphatic carbocycles. The van der Waals surface area contributed by atoms with E-state index in [0.717, 1.165) is 6.07 Å². The molecule has 0 spiro atoms. The van der Waals surface area contributed by atoms with Crippen LogP contribution in [0.3, 0.4) is 0 Å². The van der Waals surface area contributed by atoms with Crippen LogP contribution in [0.1, 0.15) is 17.3 Å². The van der Waals surface area contributed by atoms with Gasteiger partial charge in [0, 0.05) is 10.7 Å². The number of anilines is 1. The van der Waals surface area contributed by atoms with Crippen LogP contribution in [-0.4, -0.2) is 18.0 Å². The van der Waals surface area contributed by atoms with E-state index >= 15 is 0 Å². The Hall–Kier alpha value is -2.11. The van der Waals surface area contributed by atoms with E-state index in [1.54, 1.807) is 0 Å². The highest BCUT2D eigenvalue weighted by Crippen LogP contribution is 2.22. The van der Waals surface area contributed by atoms with E-state index in [9.17, 15) is 14.0 Å². The van der Waals surface area contributed by atoms with E-state index in [1.165, 1.54) is 43.3 Å². The molecule has 0 unspecified atom stereocenters. The van der Waals surface area contributed by atoms with Gasteiger partial charge in [-0.1, -0.05) is 29.3 Å². The van der Waals surface area contributed by atoms with Crippen molar-refractivity contribution in [3.8, 4) is 0 Å². The van der Waals surface area contributed by atoms with Gasteiger partial charge in [-0.05, 0) is 43.3 Å². The second kappa shape index (κ2) is 7.44. The molecule has 2 aromatic rings. The summed E-state index contributed by atoms with van der Waals surface area (Å²) in [6.07, 6.45) is -1.09. The van der Waals surface area contributed by atoms with Gasteiger partial charge in [0.05, 0.1) is 10.6 Å². The molecular formula is C16H12Cl2FNO3. The zero-order valence-electron chi connectivity index (χ0n) is 12.0. The maximum absolute atomic E-state index is 13.1. The first-order valence-corrected chi connectivity index (χ1v) is 7.35. The number of carbonyl (C=O) groups is 2. The molecule has 0 saturated heterocycles. The Morgan fingerprint density at radius 1 is 1.17 bits per heavy atom. The molecule has 0 fully saturated rings. The minimum atomic E-state index is -1.09. The van der Waals surface area contributed by atoms with Gasteiger partial charge < -0.3 is 10.1 Å². The van der Waals surface area contributed by atoms with Crippen molar-refractivity contribution in [1.29, 1.82) is 0 Å². The first-order valence-electron chi connectivity index (χ1n) is 6.59. The van der Waals surface area contributed by atoms with Gasteiger partial charge in [0.1, 0.15) is 5.82 Å². The molecule has 0 aliphatic rings. The third-order valence-corrected chi connectivity index (χ3v) is 3.44. The maximum atomic E-state index is 13.1. The molecular weight excluding hydrogens is 344 g/mol. The number of nitrogens with one attached hydrogen (secondary N) is 1. The van der Waals surface area contributed by atoms with Crippen LogP contribution in [0, 0.1) is 5.82 Å². The summed E-state index contributed by atoms with van der Waals surface area (Å²) in [5.41, 5.74) is 0.365. The third kappa shape index (κ3) is 4.68. The summed E-state index contributed by atoms with van der Waals surface area (Å²) < 4.78 is 18.1. The molecule has 0 radical (unpaired) electrons. The quantitative estimate of drug-likeness (QED) is 0.831. The lowest BCUT2D eigenvalue weighted by atomic mass is 10.2. The van der Waals surface area contributed by atoms with Crippen molar-refractivity contribution in [2.24, 2.45) is 0 Å². The molecule has 1 amide bonds. The molecule has 0 heterocycles. The smallest absolute Gasteiger partial charge is 0.340 e. The van der Waals surface area contributed by atoms with E-state index in [2.05, 4.69) is 5.32 Å². The number of hydrogen-bond donors (Lipinski definition) is 1. The summed E-state index contributed by atoms with van der Waals surface area (Å²) in [7, 11) is 0. The summed E-state index contributed by atoms with van der Waals surface area (Å²) >= 11 is 11.7. The van der Waals surface area contributed by atoms with Crippen molar-refractivity contribution < 1.29 is 18.7 Å². The Morgan fingerprint density at radius 3 is 2.57 bits per heavy atom. The summed E-state index contributed by atoms with van der Waals surface area (Å²) in [5.74, 6) is -1.83. The highest BCUT2D eigenvalue weighted by atomic mass is 35.5. The van der Waals surface area contributed by atoms with Crippen LogP contribution in [0.25, 0.3) is 0 Å². The molecule has 120 valence electrons. The topological polar surface area (TPSA) is 55.4 Å². The maximum Gasteiger partial charge on any atom is 0.340 e. The Morgan fingerprint density at radius 2 is 1.91 bits per heavy atom. The normalized spacial score (nSPS) is 11.7. The van der Waals surface area contributed by atoms with Crippen molar-refractivity contribution in [2.75, 3.05) is 5.32 Å². The highest BCUT2D eigenvalue weighted by molar-refractivity contribution is 6.36. The summed E-state index contributed by atoms with van der Waals surface area (Å²) in [6, 6.07) is 9.67. The number of halogens is 3. The number of amides is 1. The molecule has 7 heteroatoms. The van der Waals surface area contributed by atoms with Gasteiger partial charge in [-0.15, -0.1) is 0 Å². The lowest BCUT2D eigenvalue weighted by Crippen LogP contribution is -2.30. The first-order chi connectivity index (χ1) is 10.9. The molecule has 4 nitrogen and oxygen atoms in total. The number of carbonyl (C=O) groups excluding carboxylic acids is 2. The highest BCUT2D eigenvalue weighted by Gasteiger charge is 2.20. The number of rotatable bonds is 4. The van der Waals surface area contributed by atoms with Crippen molar-refractivity contribution in [3.63, 3.8) is 0 Å².